The molecule has 0 atom stereocenters. The van der Waals surface area contributed by atoms with Gasteiger partial charge >= 0.3 is 7.82 Å². The lowest BCUT2D eigenvalue weighted by atomic mass is 9.84. The zero-order chi connectivity index (χ0) is 17.7. The van der Waals surface area contributed by atoms with E-state index in [1.165, 1.54) is 12.1 Å². The van der Waals surface area contributed by atoms with Gasteiger partial charge in [-0.2, -0.15) is 0 Å². The first kappa shape index (κ1) is 19.7. The predicted octanol–water partition coefficient (Wildman–Crippen LogP) is 3.60. The molecule has 0 bridgehead atoms. The summed E-state index contributed by atoms with van der Waals surface area (Å²) in [5, 5.41) is 0. The summed E-state index contributed by atoms with van der Waals surface area (Å²) in [6.45, 7) is 9.06. The van der Waals surface area contributed by atoms with Crippen LogP contribution < -0.4 is 4.52 Å². The van der Waals surface area contributed by atoms with Crippen molar-refractivity contribution in [2.75, 3.05) is 20.3 Å². The van der Waals surface area contributed by atoms with Gasteiger partial charge in [0.05, 0.1) is 13.7 Å². The van der Waals surface area contributed by atoms with E-state index in [0.29, 0.717) is 24.5 Å². The number of benzene rings is 1. The summed E-state index contributed by atoms with van der Waals surface area (Å²) < 4.78 is 26.7. The lowest BCUT2D eigenvalue weighted by Crippen LogP contribution is -2.17. The van der Waals surface area contributed by atoms with Crippen LogP contribution in [0, 0.1) is 5.41 Å². The fraction of sp³-hybridized carbons (Fsp3) is 0.500. The number of ether oxygens (including phenoxy) is 2. The highest BCUT2D eigenvalue weighted by Gasteiger charge is 2.24. The molecule has 6 nitrogen and oxygen atoms in total. The third-order valence-corrected chi connectivity index (χ3v) is 3.60. The van der Waals surface area contributed by atoms with Crippen molar-refractivity contribution < 1.29 is 28.3 Å². The molecule has 130 valence electrons. The minimum Gasteiger partial charge on any atom is -0.496 e. The van der Waals surface area contributed by atoms with Crippen LogP contribution in [-0.2, 0) is 14.0 Å². The molecule has 0 heterocycles. The second kappa shape index (κ2) is 7.97. The fourth-order valence-corrected chi connectivity index (χ4v) is 2.46. The monoisotopic (exact) mass is 344 g/mol. The molecule has 0 aromatic heterocycles. The first-order valence-electron chi connectivity index (χ1n) is 7.29. The van der Waals surface area contributed by atoms with Crippen molar-refractivity contribution >= 4 is 13.6 Å². The summed E-state index contributed by atoms with van der Waals surface area (Å²) in [6.07, 6.45) is 0. The van der Waals surface area contributed by atoms with Crippen LogP contribution in [0.5, 0.6) is 5.75 Å². The third-order valence-electron chi connectivity index (χ3n) is 3.15. The summed E-state index contributed by atoms with van der Waals surface area (Å²) in [6, 6.07) is 6.47. The Morgan fingerprint density at radius 3 is 2.39 bits per heavy atom. The molecule has 2 N–H and O–H groups in total. The molecule has 0 saturated heterocycles. The summed E-state index contributed by atoms with van der Waals surface area (Å²) in [4.78, 5) is 17.9. The Labute approximate surface area is 137 Å². The van der Waals surface area contributed by atoms with Gasteiger partial charge in [-0.25, -0.2) is 4.57 Å². The van der Waals surface area contributed by atoms with Gasteiger partial charge in [-0.05, 0) is 24.5 Å². The highest BCUT2D eigenvalue weighted by atomic mass is 31.2. The van der Waals surface area contributed by atoms with Crippen molar-refractivity contribution in [3.63, 3.8) is 0 Å². The van der Waals surface area contributed by atoms with E-state index < -0.39 is 7.82 Å². The molecule has 0 aliphatic carbocycles. The van der Waals surface area contributed by atoms with Crippen LogP contribution in [0.3, 0.4) is 0 Å². The van der Waals surface area contributed by atoms with Gasteiger partial charge in [-0.3, -0.25) is 9.79 Å². The molecule has 1 aromatic carbocycles. The van der Waals surface area contributed by atoms with Gasteiger partial charge in [0.2, 0.25) is 0 Å². The van der Waals surface area contributed by atoms with Crippen molar-refractivity contribution in [3.8, 4) is 5.75 Å². The van der Waals surface area contributed by atoms with Crippen molar-refractivity contribution in [1.29, 1.82) is 0 Å². The van der Waals surface area contributed by atoms with E-state index in [2.05, 4.69) is 25.3 Å². The zero-order valence-corrected chi connectivity index (χ0v) is 15.1. The molecule has 1 aromatic rings. The van der Waals surface area contributed by atoms with Crippen LogP contribution in [0.4, 0.5) is 0 Å². The molecule has 0 unspecified atom stereocenters. The second-order valence-electron chi connectivity index (χ2n) is 6.01. The Balaban J connectivity index is 3.33. The quantitative estimate of drug-likeness (QED) is 0.581. The van der Waals surface area contributed by atoms with E-state index in [0.717, 1.165) is 5.57 Å². The maximum absolute atomic E-state index is 11.0. The van der Waals surface area contributed by atoms with Gasteiger partial charge in [0.1, 0.15) is 11.5 Å². The Morgan fingerprint density at radius 2 is 1.91 bits per heavy atom. The zero-order valence-electron chi connectivity index (χ0n) is 14.2. The van der Waals surface area contributed by atoms with E-state index in [4.69, 9.17) is 19.3 Å². The molecule has 0 aliphatic heterocycles. The van der Waals surface area contributed by atoms with Crippen molar-refractivity contribution in [3.05, 3.63) is 35.4 Å². The van der Waals surface area contributed by atoms with E-state index in [-0.39, 0.29) is 11.2 Å². The Morgan fingerprint density at radius 1 is 1.26 bits per heavy atom. The van der Waals surface area contributed by atoms with Crippen LogP contribution in [0.25, 0.3) is 5.76 Å². The normalized spacial score (nSPS) is 13.5. The first-order valence-corrected chi connectivity index (χ1v) is 8.82. The average molecular weight is 344 g/mol. The molecule has 0 aliphatic rings. The van der Waals surface area contributed by atoms with Gasteiger partial charge < -0.3 is 14.0 Å². The van der Waals surface area contributed by atoms with E-state index >= 15 is 0 Å². The topological polar surface area (TPSA) is 85.2 Å². The fourth-order valence-electron chi connectivity index (χ4n) is 2.07. The molecule has 0 radical (unpaired) electrons. The molecular weight excluding hydrogens is 319 g/mol. The van der Waals surface area contributed by atoms with Crippen LogP contribution in [0.15, 0.2) is 29.8 Å². The molecule has 1 rings (SSSR count). The molecule has 23 heavy (non-hydrogen) atoms. The van der Waals surface area contributed by atoms with Crippen molar-refractivity contribution in [1.82, 2.24) is 0 Å². The lowest BCUT2D eigenvalue weighted by molar-refractivity contribution is 0.155. The van der Waals surface area contributed by atoms with Crippen LogP contribution in [0.2, 0.25) is 0 Å². The van der Waals surface area contributed by atoms with E-state index in [9.17, 15) is 4.57 Å². The molecule has 0 amide bonds. The van der Waals surface area contributed by atoms with Crippen molar-refractivity contribution in [2.45, 2.75) is 27.7 Å². The standard InChI is InChI=1S/C16H25O6P/c1-6-21-11-14(16(2,3)4)15(20-5)12-8-7-9-13(10-12)22-23(17,18)19/h7-10H,6,11H2,1-5H3,(H2,17,18,19). The number of phosphoric acid groups is 1. The number of rotatable bonds is 7. The average Bonchev–Trinajstić information content (AvgIpc) is 2.40. The second-order valence-corrected chi connectivity index (χ2v) is 7.17. The molecule has 0 fully saturated rings. The maximum Gasteiger partial charge on any atom is 0.524 e. The number of phosphoric ester groups is 1. The summed E-state index contributed by atoms with van der Waals surface area (Å²) >= 11 is 0. The Hall–Kier alpha value is -1.33. The molecule has 7 heteroatoms. The SMILES string of the molecule is CCOCC(=C(OC)c1cccc(OP(=O)(O)O)c1)C(C)(C)C. The third kappa shape index (κ3) is 6.36. The largest absolute Gasteiger partial charge is 0.524 e. The summed E-state index contributed by atoms with van der Waals surface area (Å²) in [5.41, 5.74) is 1.43. The molecular formula is C16H25O6P. The van der Waals surface area contributed by atoms with Gasteiger partial charge in [0, 0.05) is 17.7 Å². The Kier molecular flexibility index (Phi) is 6.84. The smallest absolute Gasteiger partial charge is 0.496 e. The van der Waals surface area contributed by atoms with Gasteiger partial charge in [-0.15, -0.1) is 0 Å². The van der Waals surface area contributed by atoms with E-state index in [1.807, 2.05) is 6.92 Å². The van der Waals surface area contributed by atoms with Crippen molar-refractivity contribution in [2.24, 2.45) is 5.41 Å². The van der Waals surface area contributed by atoms with Crippen LogP contribution in [-0.4, -0.2) is 30.1 Å². The van der Waals surface area contributed by atoms with Crippen LogP contribution >= 0.6 is 7.82 Å². The van der Waals surface area contributed by atoms with Crippen LogP contribution in [0.1, 0.15) is 33.3 Å². The number of hydrogen-bond acceptors (Lipinski definition) is 4. The van der Waals surface area contributed by atoms with E-state index in [1.54, 1.807) is 19.2 Å². The van der Waals surface area contributed by atoms with Gasteiger partial charge in [-0.1, -0.05) is 32.9 Å². The summed E-state index contributed by atoms with van der Waals surface area (Å²) in [7, 11) is -3.04. The first-order chi connectivity index (χ1) is 10.6. The maximum atomic E-state index is 11.0. The predicted molar refractivity (Wildman–Crippen MR) is 89.0 cm³/mol. The minimum atomic E-state index is -4.60. The molecule has 0 spiro atoms. The van der Waals surface area contributed by atoms with Gasteiger partial charge in [0.25, 0.3) is 0 Å². The number of hydrogen-bond donors (Lipinski definition) is 2. The highest BCUT2D eigenvalue weighted by Crippen LogP contribution is 2.39. The molecule has 0 saturated carbocycles. The van der Waals surface area contributed by atoms with Gasteiger partial charge in [0.15, 0.2) is 0 Å². The minimum absolute atomic E-state index is 0.0788. The Bertz CT molecular complexity index is 597. The lowest BCUT2D eigenvalue weighted by Gasteiger charge is -2.26. The highest BCUT2D eigenvalue weighted by molar-refractivity contribution is 7.46. The number of methoxy groups -OCH3 is 1. The summed E-state index contributed by atoms with van der Waals surface area (Å²) in [5.74, 6) is 0.692.